The number of thiazole rings is 1. The predicted octanol–water partition coefficient (Wildman–Crippen LogP) is 1.72. The van der Waals surface area contributed by atoms with Gasteiger partial charge in [0.15, 0.2) is 5.13 Å². The minimum Gasteiger partial charge on any atom is -0.349 e. The molecule has 3 aliphatic rings. The van der Waals surface area contributed by atoms with E-state index >= 15 is 0 Å². The van der Waals surface area contributed by atoms with Crippen molar-refractivity contribution in [3.63, 3.8) is 0 Å². The highest BCUT2D eigenvalue weighted by Crippen LogP contribution is 2.34. The Labute approximate surface area is 121 Å². The average Bonchev–Trinajstić information content (AvgIpc) is 3.10. The van der Waals surface area contributed by atoms with Crippen molar-refractivity contribution in [2.24, 2.45) is 0 Å². The maximum absolute atomic E-state index is 12.3. The number of fused-ring (bicyclic) bond motifs is 1. The molecule has 0 radical (unpaired) electrons. The first-order chi connectivity index (χ1) is 9.72. The first-order valence-electron chi connectivity index (χ1n) is 7.33. The number of anilines is 1. The van der Waals surface area contributed by atoms with E-state index in [-0.39, 0.29) is 24.3 Å². The Balaban J connectivity index is 1.50. The van der Waals surface area contributed by atoms with Crippen molar-refractivity contribution in [3.05, 3.63) is 10.6 Å². The van der Waals surface area contributed by atoms with E-state index in [9.17, 15) is 9.59 Å². The van der Waals surface area contributed by atoms with Gasteiger partial charge in [-0.15, -0.1) is 11.3 Å². The summed E-state index contributed by atoms with van der Waals surface area (Å²) in [6.07, 6.45) is 6.78. The molecule has 5 nitrogen and oxygen atoms in total. The standard InChI is InChI=1S/C14H17N3O2S/c18-12-7-10(13(19)17(12)8-5-6-8)16-14-15-9-3-1-2-4-11(9)20-14/h8,10H,1-7H2,(H,15,16). The van der Waals surface area contributed by atoms with Gasteiger partial charge >= 0.3 is 0 Å². The molecule has 2 heterocycles. The number of carbonyl (C=O) groups is 2. The molecule has 2 amide bonds. The van der Waals surface area contributed by atoms with Crippen molar-refractivity contribution in [1.29, 1.82) is 0 Å². The molecule has 2 fully saturated rings. The average molecular weight is 291 g/mol. The van der Waals surface area contributed by atoms with Gasteiger partial charge in [0, 0.05) is 10.9 Å². The first kappa shape index (κ1) is 12.3. The quantitative estimate of drug-likeness (QED) is 0.861. The Hall–Kier alpha value is -1.43. The molecule has 1 saturated carbocycles. The van der Waals surface area contributed by atoms with Crippen molar-refractivity contribution >= 4 is 28.3 Å². The Morgan fingerprint density at radius 2 is 2.00 bits per heavy atom. The minimum atomic E-state index is -0.407. The van der Waals surface area contributed by atoms with E-state index in [1.807, 2.05) is 0 Å². The lowest BCUT2D eigenvalue weighted by molar-refractivity contribution is -0.139. The van der Waals surface area contributed by atoms with Crippen molar-refractivity contribution < 1.29 is 9.59 Å². The SMILES string of the molecule is O=C1CC(Nc2nc3c(s2)CCCC3)C(=O)N1C1CC1. The highest BCUT2D eigenvalue weighted by Gasteiger charge is 2.46. The molecule has 1 N–H and O–H groups in total. The van der Waals surface area contributed by atoms with E-state index < -0.39 is 6.04 Å². The molecule has 0 aromatic carbocycles. The number of nitrogens with zero attached hydrogens (tertiary/aromatic N) is 2. The lowest BCUT2D eigenvalue weighted by atomic mass is 10.0. The van der Waals surface area contributed by atoms with Gasteiger partial charge in [-0.2, -0.15) is 0 Å². The molecule has 20 heavy (non-hydrogen) atoms. The van der Waals surface area contributed by atoms with Gasteiger partial charge in [-0.25, -0.2) is 4.98 Å². The van der Waals surface area contributed by atoms with E-state index in [1.165, 1.54) is 28.3 Å². The summed E-state index contributed by atoms with van der Waals surface area (Å²) in [5, 5.41) is 3.99. The summed E-state index contributed by atoms with van der Waals surface area (Å²) in [5.74, 6) is -0.0954. The van der Waals surface area contributed by atoms with E-state index in [0.717, 1.165) is 30.8 Å². The topological polar surface area (TPSA) is 62.3 Å². The van der Waals surface area contributed by atoms with Crippen LogP contribution in [0.15, 0.2) is 0 Å². The van der Waals surface area contributed by atoms with Gasteiger partial charge in [0.2, 0.25) is 5.91 Å². The Morgan fingerprint density at radius 3 is 2.75 bits per heavy atom. The van der Waals surface area contributed by atoms with E-state index in [1.54, 1.807) is 11.3 Å². The smallest absolute Gasteiger partial charge is 0.252 e. The van der Waals surface area contributed by atoms with Crippen LogP contribution in [0.2, 0.25) is 0 Å². The van der Waals surface area contributed by atoms with Crippen LogP contribution in [0.4, 0.5) is 5.13 Å². The van der Waals surface area contributed by atoms with Crippen LogP contribution in [0.3, 0.4) is 0 Å². The number of imide groups is 1. The molecule has 2 aliphatic carbocycles. The number of aromatic nitrogens is 1. The van der Waals surface area contributed by atoms with Crippen LogP contribution >= 0.6 is 11.3 Å². The summed E-state index contributed by atoms with van der Waals surface area (Å²) in [7, 11) is 0. The number of hydrogen-bond donors (Lipinski definition) is 1. The molecular weight excluding hydrogens is 274 g/mol. The van der Waals surface area contributed by atoms with Gasteiger partial charge in [0.25, 0.3) is 5.91 Å². The number of rotatable bonds is 3. The van der Waals surface area contributed by atoms with Crippen LogP contribution in [0.5, 0.6) is 0 Å². The molecule has 1 aliphatic heterocycles. The molecule has 0 spiro atoms. The van der Waals surface area contributed by atoms with Gasteiger partial charge in [0.05, 0.1) is 12.1 Å². The van der Waals surface area contributed by atoms with E-state index in [2.05, 4.69) is 10.3 Å². The van der Waals surface area contributed by atoms with Gasteiger partial charge in [-0.1, -0.05) is 0 Å². The summed E-state index contributed by atoms with van der Waals surface area (Å²) < 4.78 is 0. The summed E-state index contributed by atoms with van der Waals surface area (Å²) in [6, 6.07) is -0.234. The number of aryl methyl sites for hydroxylation is 2. The molecule has 106 valence electrons. The highest BCUT2D eigenvalue weighted by molar-refractivity contribution is 7.15. The fourth-order valence-electron chi connectivity index (χ4n) is 3.04. The second-order valence-corrected chi connectivity index (χ2v) is 6.91. The Kier molecular flexibility index (Phi) is 2.80. The molecular formula is C14H17N3O2S. The minimum absolute atomic E-state index is 0.0312. The maximum atomic E-state index is 12.3. The van der Waals surface area contributed by atoms with Crippen molar-refractivity contribution in [3.8, 4) is 0 Å². The highest BCUT2D eigenvalue weighted by atomic mass is 32.1. The zero-order valence-corrected chi connectivity index (χ0v) is 12.0. The zero-order chi connectivity index (χ0) is 13.7. The Morgan fingerprint density at radius 1 is 1.20 bits per heavy atom. The summed E-state index contributed by atoms with van der Waals surface area (Å²) in [4.78, 5) is 31.6. The largest absolute Gasteiger partial charge is 0.349 e. The van der Waals surface area contributed by atoms with Crippen molar-refractivity contribution in [2.75, 3.05) is 5.32 Å². The zero-order valence-electron chi connectivity index (χ0n) is 11.2. The van der Waals surface area contributed by atoms with Gasteiger partial charge < -0.3 is 5.32 Å². The number of likely N-dealkylation sites (tertiary alicyclic amines) is 1. The summed E-state index contributed by atoms with van der Waals surface area (Å²) in [5.41, 5.74) is 1.18. The third-order valence-corrected chi connectivity index (χ3v) is 5.33. The lowest BCUT2D eigenvalue weighted by Gasteiger charge is -2.13. The number of nitrogens with one attached hydrogen (secondary N) is 1. The van der Waals surface area contributed by atoms with E-state index in [4.69, 9.17) is 0 Å². The molecule has 1 saturated heterocycles. The van der Waals surface area contributed by atoms with Crippen molar-refractivity contribution in [2.45, 2.75) is 57.0 Å². The second kappa shape index (κ2) is 4.55. The third-order valence-electron chi connectivity index (χ3n) is 4.24. The number of amides is 2. The van der Waals surface area contributed by atoms with Gasteiger partial charge in [0.1, 0.15) is 6.04 Å². The Bertz CT molecular complexity index is 555. The molecule has 1 aromatic heterocycles. The van der Waals surface area contributed by atoms with Crippen molar-refractivity contribution in [1.82, 2.24) is 9.88 Å². The van der Waals surface area contributed by atoms with Gasteiger partial charge in [-0.05, 0) is 38.5 Å². The van der Waals surface area contributed by atoms with Crippen LogP contribution in [0.25, 0.3) is 0 Å². The molecule has 1 unspecified atom stereocenters. The monoisotopic (exact) mass is 291 g/mol. The first-order valence-corrected chi connectivity index (χ1v) is 8.15. The molecule has 1 aromatic rings. The van der Waals surface area contributed by atoms with Crippen LogP contribution < -0.4 is 5.32 Å². The molecule has 0 bridgehead atoms. The molecule has 4 rings (SSSR count). The fourth-order valence-corrected chi connectivity index (χ4v) is 4.15. The normalized spacial score (nSPS) is 26.0. The third kappa shape index (κ3) is 2.02. The van der Waals surface area contributed by atoms with E-state index in [0.29, 0.717) is 0 Å². The van der Waals surface area contributed by atoms with Crippen LogP contribution in [-0.2, 0) is 22.4 Å². The molecule has 6 heteroatoms. The molecule has 1 atom stereocenters. The fraction of sp³-hybridized carbons (Fsp3) is 0.643. The number of carbonyl (C=O) groups excluding carboxylic acids is 2. The lowest BCUT2D eigenvalue weighted by Crippen LogP contribution is -2.36. The second-order valence-electron chi connectivity index (χ2n) is 5.83. The van der Waals surface area contributed by atoms with Crippen LogP contribution in [0, 0.1) is 0 Å². The summed E-state index contributed by atoms with van der Waals surface area (Å²) >= 11 is 1.65. The number of hydrogen-bond acceptors (Lipinski definition) is 5. The predicted molar refractivity (Wildman–Crippen MR) is 75.7 cm³/mol. The van der Waals surface area contributed by atoms with Crippen LogP contribution in [0.1, 0.15) is 42.7 Å². The summed E-state index contributed by atoms with van der Waals surface area (Å²) in [6.45, 7) is 0. The van der Waals surface area contributed by atoms with Gasteiger partial charge in [-0.3, -0.25) is 14.5 Å². The van der Waals surface area contributed by atoms with Crippen LogP contribution in [-0.4, -0.2) is 33.8 Å². The maximum Gasteiger partial charge on any atom is 0.252 e.